The molecule has 0 saturated heterocycles. The fourth-order valence-electron chi connectivity index (χ4n) is 7.53. The number of hydrogen-bond donors (Lipinski definition) is 0. The predicted molar refractivity (Wildman–Crippen MR) is 212 cm³/mol. The minimum absolute atomic E-state index is 0. The van der Waals surface area contributed by atoms with Gasteiger partial charge in [-0.1, -0.05) is 218 Å². The number of rotatable bonds is 8. The van der Waals surface area contributed by atoms with Crippen LogP contribution in [-0.2, 0) is 0 Å². The van der Waals surface area contributed by atoms with Gasteiger partial charge in [0.15, 0.2) is 0 Å². The Morgan fingerprint density at radius 3 is 0.520 bits per heavy atom. The van der Waals surface area contributed by atoms with E-state index in [1.54, 1.807) is 0 Å². The topological polar surface area (TPSA) is 0 Å². The van der Waals surface area contributed by atoms with Crippen LogP contribution in [0.25, 0.3) is 44.5 Å². The van der Waals surface area contributed by atoms with Gasteiger partial charge in [-0.2, -0.15) is 21.9 Å². The first-order valence-corrected chi connectivity index (χ1v) is 17.1. The average Bonchev–Trinajstić information content (AvgIpc) is 3.20. The molecule has 50 heavy (non-hydrogen) atoms. The normalized spacial score (nSPS) is 11.0. The molecular weight excluding hydrogens is 610 g/mol. The summed E-state index contributed by atoms with van der Waals surface area (Å²) in [5.74, 6) is 0. The summed E-state index contributed by atoms with van der Waals surface area (Å²) in [6, 6.07) is 79.7. The third-order valence-electron chi connectivity index (χ3n) is 10.1. The largest absolute Gasteiger partial charge is 1.00 e. The van der Waals surface area contributed by atoms with E-state index in [2.05, 4.69) is 218 Å². The van der Waals surface area contributed by atoms with Gasteiger partial charge in [0.2, 0.25) is 0 Å². The van der Waals surface area contributed by atoms with Crippen LogP contribution in [-0.4, -0.2) is 6.15 Å². The molecule has 0 bridgehead atoms. The molecule has 0 nitrogen and oxygen atoms in total. The van der Waals surface area contributed by atoms with Crippen molar-refractivity contribution < 1.29 is 29.6 Å². The van der Waals surface area contributed by atoms with Crippen LogP contribution in [0.2, 0.25) is 0 Å². The SMILES string of the molecule is [Na+].c1ccc(-c2ccc([B-](c3ccc(-c4ccccc4)cc3)(c3ccc(-c4ccccc4)cc3)c3ccc(-c4ccccc4)cc3)cc2)cc1. The van der Waals surface area contributed by atoms with E-state index in [1.165, 1.54) is 66.4 Å². The van der Waals surface area contributed by atoms with Crippen molar-refractivity contribution in [2.24, 2.45) is 0 Å². The van der Waals surface area contributed by atoms with Crippen LogP contribution in [0.4, 0.5) is 0 Å². The van der Waals surface area contributed by atoms with Crippen molar-refractivity contribution in [3.63, 3.8) is 0 Å². The fourth-order valence-corrected chi connectivity index (χ4v) is 7.53. The third-order valence-corrected chi connectivity index (χ3v) is 10.1. The van der Waals surface area contributed by atoms with Crippen molar-refractivity contribution in [3.05, 3.63) is 218 Å². The molecule has 0 amide bonds. The maximum Gasteiger partial charge on any atom is 1.00 e. The van der Waals surface area contributed by atoms with Crippen LogP contribution in [0.5, 0.6) is 0 Å². The van der Waals surface area contributed by atoms with E-state index in [0.29, 0.717) is 0 Å². The van der Waals surface area contributed by atoms with Crippen LogP contribution in [0.1, 0.15) is 0 Å². The van der Waals surface area contributed by atoms with Crippen LogP contribution in [0, 0.1) is 0 Å². The van der Waals surface area contributed by atoms with E-state index in [4.69, 9.17) is 0 Å². The molecule has 0 heterocycles. The van der Waals surface area contributed by atoms with Crippen molar-refractivity contribution >= 4 is 28.0 Å². The van der Waals surface area contributed by atoms with Gasteiger partial charge in [0.05, 0.1) is 0 Å². The average molecular weight is 647 g/mol. The van der Waals surface area contributed by atoms with Gasteiger partial charge in [-0.05, 0) is 44.5 Å². The summed E-state index contributed by atoms with van der Waals surface area (Å²) in [5, 5.41) is 0. The van der Waals surface area contributed by atoms with E-state index in [0.717, 1.165) is 0 Å². The Kier molecular flexibility index (Phi) is 10.1. The second kappa shape index (κ2) is 15.2. The third kappa shape index (κ3) is 6.56. The van der Waals surface area contributed by atoms with E-state index in [9.17, 15) is 0 Å². The molecule has 0 unspecified atom stereocenters. The zero-order chi connectivity index (χ0) is 32.9. The Labute approximate surface area is 318 Å². The summed E-state index contributed by atoms with van der Waals surface area (Å²) >= 11 is 0. The Morgan fingerprint density at radius 2 is 0.340 bits per heavy atom. The molecule has 0 aromatic heterocycles. The molecule has 0 N–H and O–H groups in total. The molecule has 8 aromatic rings. The van der Waals surface area contributed by atoms with Crippen LogP contribution < -0.4 is 51.4 Å². The molecule has 0 aliphatic heterocycles. The van der Waals surface area contributed by atoms with Gasteiger partial charge in [0.1, 0.15) is 6.15 Å². The second-order valence-corrected chi connectivity index (χ2v) is 12.8. The molecule has 0 fully saturated rings. The number of benzene rings is 8. The second-order valence-electron chi connectivity index (χ2n) is 12.8. The van der Waals surface area contributed by atoms with Gasteiger partial charge in [0.25, 0.3) is 0 Å². The van der Waals surface area contributed by atoms with Crippen molar-refractivity contribution in [3.8, 4) is 44.5 Å². The molecule has 2 heteroatoms. The fraction of sp³-hybridized carbons (Fsp3) is 0. The first kappa shape index (κ1) is 33.3. The Hall–Kier alpha value is -5.18. The molecule has 0 aliphatic carbocycles. The molecule has 8 rings (SSSR count). The molecule has 0 aliphatic rings. The predicted octanol–water partition coefficient (Wildman–Crippen LogP) is 6.74. The summed E-state index contributed by atoms with van der Waals surface area (Å²) in [4.78, 5) is 0. The smallest absolute Gasteiger partial charge is 0.195 e. The summed E-state index contributed by atoms with van der Waals surface area (Å²) in [6.07, 6.45) is -1.57. The zero-order valence-electron chi connectivity index (χ0n) is 28.4. The Balaban J connectivity index is 0.00000392. The summed E-state index contributed by atoms with van der Waals surface area (Å²) in [6.45, 7) is 0. The Morgan fingerprint density at radius 1 is 0.180 bits per heavy atom. The molecule has 8 aromatic carbocycles. The van der Waals surface area contributed by atoms with Gasteiger partial charge in [-0.15, -0.1) is 0 Å². The molecule has 0 atom stereocenters. The van der Waals surface area contributed by atoms with Gasteiger partial charge in [-0.25, -0.2) is 0 Å². The van der Waals surface area contributed by atoms with Gasteiger partial charge >= 0.3 is 29.6 Å². The van der Waals surface area contributed by atoms with E-state index in [-0.39, 0.29) is 29.6 Å². The minimum Gasteiger partial charge on any atom is -0.195 e. The summed E-state index contributed by atoms with van der Waals surface area (Å²) in [7, 11) is 0. The number of hydrogen-bond acceptors (Lipinski definition) is 0. The maximum absolute atomic E-state index is 2.35. The molecular formula is C48H36BNa. The summed E-state index contributed by atoms with van der Waals surface area (Å²) in [5.41, 5.74) is 14.9. The monoisotopic (exact) mass is 646 g/mol. The molecule has 0 radical (unpaired) electrons. The standard InChI is InChI=1S/C48H36B.Na/c1-5-13-37(14-6-1)41-21-29-45(30-22-41)49(46-31-23-42(24-32-46)38-15-7-2-8-16-38,47-33-25-43(26-34-47)39-17-9-3-10-18-39)48-35-27-44(28-36-48)40-19-11-4-12-20-40;/h1-36H;/q-1;+1. The van der Waals surface area contributed by atoms with Gasteiger partial charge in [-0.3, -0.25) is 0 Å². The van der Waals surface area contributed by atoms with Crippen LogP contribution in [0.15, 0.2) is 218 Å². The van der Waals surface area contributed by atoms with E-state index >= 15 is 0 Å². The summed E-state index contributed by atoms with van der Waals surface area (Å²) < 4.78 is 0. The van der Waals surface area contributed by atoms with E-state index in [1.807, 2.05) is 0 Å². The quantitative estimate of drug-likeness (QED) is 0.161. The maximum atomic E-state index is 2.35. The van der Waals surface area contributed by atoms with Crippen LogP contribution >= 0.6 is 0 Å². The minimum atomic E-state index is -1.57. The van der Waals surface area contributed by atoms with Crippen molar-refractivity contribution in [2.45, 2.75) is 0 Å². The molecule has 0 spiro atoms. The van der Waals surface area contributed by atoms with E-state index < -0.39 is 6.15 Å². The zero-order valence-corrected chi connectivity index (χ0v) is 30.4. The molecule has 232 valence electrons. The molecule has 0 saturated carbocycles. The van der Waals surface area contributed by atoms with Crippen molar-refractivity contribution in [1.82, 2.24) is 0 Å². The Bertz CT molecular complexity index is 1910. The van der Waals surface area contributed by atoms with Gasteiger partial charge < -0.3 is 0 Å². The van der Waals surface area contributed by atoms with Crippen LogP contribution in [0.3, 0.4) is 0 Å². The first-order valence-electron chi connectivity index (χ1n) is 17.1. The van der Waals surface area contributed by atoms with Crippen molar-refractivity contribution in [1.29, 1.82) is 0 Å². The first-order chi connectivity index (χ1) is 24.3. The van der Waals surface area contributed by atoms with Crippen molar-refractivity contribution in [2.75, 3.05) is 0 Å². The van der Waals surface area contributed by atoms with Gasteiger partial charge in [0, 0.05) is 0 Å².